The first-order valence-electron chi connectivity index (χ1n) is 8.85. The van der Waals surface area contributed by atoms with Crippen LogP contribution in [0.15, 0.2) is 53.6 Å². The van der Waals surface area contributed by atoms with Gasteiger partial charge in [-0.25, -0.2) is 4.98 Å². The van der Waals surface area contributed by atoms with Crippen LogP contribution in [0.25, 0.3) is 0 Å². The van der Waals surface area contributed by atoms with Crippen LogP contribution in [0.5, 0.6) is 5.75 Å². The van der Waals surface area contributed by atoms with E-state index in [1.807, 2.05) is 44.2 Å². The molecule has 0 radical (unpaired) electrons. The van der Waals surface area contributed by atoms with Crippen LogP contribution in [0.4, 0.5) is 0 Å². The maximum atomic E-state index is 12.8. The lowest BCUT2D eigenvalue weighted by atomic mass is 10.2. The van der Waals surface area contributed by atoms with E-state index in [2.05, 4.69) is 9.97 Å². The van der Waals surface area contributed by atoms with Crippen LogP contribution in [0.1, 0.15) is 36.8 Å². The van der Waals surface area contributed by atoms with E-state index in [-0.39, 0.29) is 33.3 Å². The van der Waals surface area contributed by atoms with Gasteiger partial charge in [0.2, 0.25) is 0 Å². The Kier molecular flexibility index (Phi) is 6.85. The fourth-order valence-corrected chi connectivity index (χ4v) is 4.37. The van der Waals surface area contributed by atoms with Gasteiger partial charge >= 0.3 is 10.1 Å². The van der Waals surface area contributed by atoms with Crippen LogP contribution in [0.3, 0.4) is 0 Å². The number of hydrogen-bond acceptors (Lipinski definition) is 5. The zero-order chi connectivity index (χ0) is 21.0. The number of nitrogens with zero attached hydrogens (tertiary/aromatic N) is 1. The number of aromatic nitrogens is 2. The molecule has 0 aliphatic carbocycles. The fourth-order valence-electron chi connectivity index (χ4n) is 2.65. The smallest absolute Gasteiger partial charge is 0.356 e. The molecule has 1 N–H and O–H groups in total. The summed E-state index contributed by atoms with van der Waals surface area (Å²) < 4.78 is 36.5. The van der Waals surface area contributed by atoms with E-state index in [0.29, 0.717) is 18.1 Å². The van der Waals surface area contributed by atoms with Gasteiger partial charge in [0.05, 0.1) is 12.3 Å². The summed E-state index contributed by atoms with van der Waals surface area (Å²) in [5.41, 5.74) is 1.38. The lowest BCUT2D eigenvalue weighted by Crippen LogP contribution is -2.13. The van der Waals surface area contributed by atoms with Gasteiger partial charge in [-0.2, -0.15) is 8.42 Å². The first-order chi connectivity index (χ1) is 13.7. The van der Waals surface area contributed by atoms with Gasteiger partial charge in [0.1, 0.15) is 18.2 Å². The van der Waals surface area contributed by atoms with Gasteiger partial charge in [0.25, 0.3) is 0 Å². The molecule has 0 aliphatic heterocycles. The molecule has 3 rings (SSSR count). The van der Waals surface area contributed by atoms with Crippen molar-refractivity contribution in [3.63, 3.8) is 0 Å². The molecule has 0 atom stereocenters. The van der Waals surface area contributed by atoms with E-state index in [4.69, 9.17) is 32.1 Å². The second-order valence-corrected chi connectivity index (χ2v) is 9.03. The summed E-state index contributed by atoms with van der Waals surface area (Å²) in [5, 5.41) is 0.430. The molecule has 29 heavy (non-hydrogen) atoms. The number of H-pyrrole nitrogens is 1. The minimum atomic E-state index is -4.17. The lowest BCUT2D eigenvalue weighted by Gasteiger charge is -2.09. The summed E-state index contributed by atoms with van der Waals surface area (Å²) in [6.07, 6.45) is 0. The maximum absolute atomic E-state index is 12.8. The number of hydrogen-bond donors (Lipinski definition) is 1. The molecule has 0 saturated heterocycles. The summed E-state index contributed by atoms with van der Waals surface area (Å²) >= 11 is 11.8. The number of benzene rings is 2. The van der Waals surface area contributed by atoms with E-state index >= 15 is 0 Å². The quantitative estimate of drug-likeness (QED) is 0.465. The molecule has 3 aromatic rings. The first-order valence-corrected chi connectivity index (χ1v) is 11.0. The predicted octanol–water partition coefficient (Wildman–Crippen LogP) is 5.32. The van der Waals surface area contributed by atoms with Crippen LogP contribution in [-0.2, 0) is 28.1 Å². The van der Waals surface area contributed by atoms with E-state index < -0.39 is 10.1 Å². The van der Waals surface area contributed by atoms with Crippen LogP contribution in [0.2, 0.25) is 10.0 Å². The van der Waals surface area contributed by atoms with Crippen LogP contribution in [-0.4, -0.2) is 18.4 Å². The number of halogens is 2. The third kappa shape index (κ3) is 5.73. The average molecular weight is 455 g/mol. The summed E-state index contributed by atoms with van der Waals surface area (Å²) in [6.45, 7) is 4.21. The highest BCUT2D eigenvalue weighted by molar-refractivity contribution is 7.87. The average Bonchev–Trinajstić information content (AvgIpc) is 3.07. The zero-order valence-corrected chi connectivity index (χ0v) is 18.2. The zero-order valence-electron chi connectivity index (χ0n) is 15.9. The molecule has 0 aliphatic rings. The molecule has 0 amide bonds. The third-order valence-electron chi connectivity index (χ3n) is 3.94. The Hall–Kier alpha value is -2.06. The number of rotatable bonds is 8. The van der Waals surface area contributed by atoms with Crippen LogP contribution in [0, 0.1) is 0 Å². The minimum absolute atomic E-state index is 0.0219. The van der Waals surface area contributed by atoms with Gasteiger partial charge in [-0.15, -0.1) is 0 Å². The SMILES string of the molecule is CC(C)c1nc(COCc2ccccc2)[nH]c1S(=O)(=O)Oc1cc(Cl)cc(Cl)c1. The maximum Gasteiger partial charge on any atom is 0.356 e. The Morgan fingerprint density at radius 3 is 2.31 bits per heavy atom. The van der Waals surface area contributed by atoms with Crippen molar-refractivity contribution in [2.24, 2.45) is 0 Å². The van der Waals surface area contributed by atoms with Crippen molar-refractivity contribution in [1.29, 1.82) is 0 Å². The second kappa shape index (κ2) is 9.17. The molecule has 1 heterocycles. The number of aromatic amines is 1. The monoisotopic (exact) mass is 454 g/mol. The van der Waals surface area contributed by atoms with Crippen molar-refractivity contribution >= 4 is 33.3 Å². The summed E-state index contributed by atoms with van der Waals surface area (Å²) in [4.78, 5) is 7.22. The third-order valence-corrected chi connectivity index (χ3v) is 5.59. The van der Waals surface area contributed by atoms with E-state index in [1.165, 1.54) is 18.2 Å². The second-order valence-electron chi connectivity index (χ2n) is 6.67. The highest BCUT2D eigenvalue weighted by atomic mass is 35.5. The molecule has 2 aromatic carbocycles. The topological polar surface area (TPSA) is 81.3 Å². The van der Waals surface area contributed by atoms with Crippen LogP contribution >= 0.6 is 23.2 Å². The fraction of sp³-hybridized carbons (Fsp3) is 0.250. The number of ether oxygens (including phenoxy) is 1. The molecule has 0 fully saturated rings. The largest absolute Gasteiger partial charge is 0.378 e. The van der Waals surface area contributed by atoms with Gasteiger partial charge in [-0.1, -0.05) is 67.4 Å². The van der Waals surface area contributed by atoms with Gasteiger partial charge in [0, 0.05) is 22.2 Å². The van der Waals surface area contributed by atoms with Crippen molar-refractivity contribution in [3.8, 4) is 5.75 Å². The highest BCUT2D eigenvalue weighted by Gasteiger charge is 2.27. The van der Waals surface area contributed by atoms with Crippen LogP contribution < -0.4 is 4.18 Å². The van der Waals surface area contributed by atoms with Gasteiger partial charge in [-0.05, 0) is 17.5 Å². The number of nitrogens with one attached hydrogen (secondary N) is 1. The number of imidazole rings is 1. The van der Waals surface area contributed by atoms with E-state index in [1.54, 1.807) is 0 Å². The molecular weight excluding hydrogens is 435 g/mol. The Morgan fingerprint density at radius 1 is 1.03 bits per heavy atom. The molecule has 154 valence electrons. The predicted molar refractivity (Wildman–Crippen MR) is 112 cm³/mol. The highest BCUT2D eigenvalue weighted by Crippen LogP contribution is 2.29. The Labute approximate surface area is 179 Å². The van der Waals surface area contributed by atoms with Gasteiger partial charge in [-0.3, -0.25) is 0 Å². The van der Waals surface area contributed by atoms with Crippen molar-refractivity contribution < 1.29 is 17.3 Å². The summed E-state index contributed by atoms with van der Waals surface area (Å²) in [5.74, 6) is 0.273. The molecule has 0 bridgehead atoms. The summed E-state index contributed by atoms with van der Waals surface area (Å²) in [7, 11) is -4.17. The van der Waals surface area contributed by atoms with Crippen molar-refractivity contribution in [2.75, 3.05) is 0 Å². The molecule has 0 saturated carbocycles. The standard InChI is InChI=1S/C20H20Cl2N2O4S/c1-13(2)19-20(29(25,26)28-17-9-15(21)8-16(22)10-17)24-18(23-19)12-27-11-14-6-4-3-5-7-14/h3-10,13H,11-12H2,1-2H3,(H,23,24). The van der Waals surface area contributed by atoms with Crippen molar-refractivity contribution in [3.05, 3.63) is 75.7 Å². The molecule has 1 aromatic heterocycles. The Bertz CT molecular complexity index is 1060. The molecule has 9 heteroatoms. The first kappa shape index (κ1) is 21.6. The normalized spacial score (nSPS) is 11.8. The van der Waals surface area contributed by atoms with E-state index in [9.17, 15) is 8.42 Å². The minimum Gasteiger partial charge on any atom is -0.378 e. The van der Waals surface area contributed by atoms with Crippen molar-refractivity contribution in [2.45, 2.75) is 38.0 Å². The lowest BCUT2D eigenvalue weighted by molar-refractivity contribution is 0.102. The van der Waals surface area contributed by atoms with Gasteiger partial charge < -0.3 is 13.9 Å². The van der Waals surface area contributed by atoms with Crippen molar-refractivity contribution in [1.82, 2.24) is 9.97 Å². The molecule has 6 nitrogen and oxygen atoms in total. The van der Waals surface area contributed by atoms with Gasteiger partial charge in [0.15, 0.2) is 5.03 Å². The molecule has 0 unspecified atom stereocenters. The Morgan fingerprint density at radius 2 is 1.69 bits per heavy atom. The Balaban J connectivity index is 1.79. The molecular formula is C20H20Cl2N2O4S. The van der Waals surface area contributed by atoms with E-state index in [0.717, 1.165) is 5.56 Å². The molecule has 0 spiro atoms. The summed E-state index contributed by atoms with van der Waals surface area (Å²) in [6, 6.07) is 13.9.